The Morgan fingerprint density at radius 2 is 2.00 bits per heavy atom. The van der Waals surface area contributed by atoms with Crippen LogP contribution in [-0.2, 0) is 0 Å². The van der Waals surface area contributed by atoms with E-state index in [4.69, 9.17) is 5.73 Å². The molecule has 0 spiro atoms. The van der Waals surface area contributed by atoms with Gasteiger partial charge in [0, 0.05) is 17.3 Å². The van der Waals surface area contributed by atoms with Crippen LogP contribution in [0.5, 0.6) is 0 Å². The number of rotatable bonds is 4. The molecular formula is C20H21FN8O. The number of carbonyl (C=O) groups excluding carboxylic acids is 1. The van der Waals surface area contributed by atoms with E-state index < -0.39 is 11.9 Å². The van der Waals surface area contributed by atoms with Crippen molar-refractivity contribution in [3.8, 4) is 5.69 Å². The molecule has 4 heterocycles. The molecule has 0 bridgehead atoms. The molecule has 5 rings (SSSR count). The molecule has 0 saturated carbocycles. The van der Waals surface area contributed by atoms with Crippen molar-refractivity contribution in [3.63, 3.8) is 0 Å². The topological polar surface area (TPSA) is 115 Å². The summed E-state index contributed by atoms with van der Waals surface area (Å²) >= 11 is 0. The number of nitrogen functional groups attached to an aromatic ring is 1. The van der Waals surface area contributed by atoms with Crippen molar-refractivity contribution in [1.82, 2.24) is 35.4 Å². The number of carbonyl (C=O) groups is 1. The molecule has 3 aromatic rings. The Kier molecular flexibility index (Phi) is 4.52. The number of hydrogen-bond donors (Lipinski definition) is 2. The van der Waals surface area contributed by atoms with E-state index in [1.807, 2.05) is 13.0 Å². The second-order valence-corrected chi connectivity index (χ2v) is 7.71. The van der Waals surface area contributed by atoms with Gasteiger partial charge in [-0.05, 0) is 50.5 Å². The zero-order valence-electron chi connectivity index (χ0n) is 16.4. The third-order valence-corrected chi connectivity index (χ3v) is 5.73. The van der Waals surface area contributed by atoms with Crippen molar-refractivity contribution in [3.05, 3.63) is 59.4 Å². The van der Waals surface area contributed by atoms with Gasteiger partial charge < -0.3 is 5.73 Å². The zero-order chi connectivity index (χ0) is 20.8. The van der Waals surface area contributed by atoms with Crippen molar-refractivity contribution in [1.29, 1.82) is 0 Å². The van der Waals surface area contributed by atoms with Crippen molar-refractivity contribution in [2.75, 3.05) is 5.73 Å². The lowest BCUT2D eigenvalue weighted by atomic mass is 9.84. The maximum absolute atomic E-state index is 14.0. The van der Waals surface area contributed by atoms with Gasteiger partial charge in [-0.25, -0.2) is 24.8 Å². The van der Waals surface area contributed by atoms with E-state index in [0.29, 0.717) is 18.2 Å². The summed E-state index contributed by atoms with van der Waals surface area (Å²) in [6.45, 7) is 1.88. The van der Waals surface area contributed by atoms with Gasteiger partial charge in [0.15, 0.2) is 5.78 Å². The van der Waals surface area contributed by atoms with Crippen LogP contribution in [0, 0.1) is 12.7 Å². The average Bonchev–Trinajstić information content (AvgIpc) is 3.22. The number of nitrogens with zero attached hydrogens (tertiary/aromatic N) is 6. The summed E-state index contributed by atoms with van der Waals surface area (Å²) in [6, 6.07) is 5.86. The zero-order valence-corrected chi connectivity index (χ0v) is 16.4. The summed E-state index contributed by atoms with van der Waals surface area (Å²) < 4.78 is 14.0. The van der Waals surface area contributed by atoms with Gasteiger partial charge in [0.2, 0.25) is 5.95 Å². The van der Waals surface area contributed by atoms with E-state index in [2.05, 4.69) is 30.6 Å². The van der Waals surface area contributed by atoms with Crippen LogP contribution in [0.25, 0.3) is 5.69 Å². The Morgan fingerprint density at radius 1 is 1.20 bits per heavy atom. The molecule has 0 aliphatic carbocycles. The van der Waals surface area contributed by atoms with Gasteiger partial charge in [-0.3, -0.25) is 4.79 Å². The van der Waals surface area contributed by atoms with Gasteiger partial charge >= 0.3 is 0 Å². The van der Waals surface area contributed by atoms with Crippen LogP contribution in [0.3, 0.4) is 0 Å². The molecule has 30 heavy (non-hydrogen) atoms. The van der Waals surface area contributed by atoms with Crippen LogP contribution in [0.1, 0.15) is 47.1 Å². The Bertz CT molecular complexity index is 1080. The van der Waals surface area contributed by atoms with E-state index in [9.17, 15) is 9.18 Å². The Balaban J connectivity index is 1.40. The molecule has 2 aromatic heterocycles. The smallest absolute Gasteiger partial charge is 0.220 e. The van der Waals surface area contributed by atoms with Gasteiger partial charge in [0.1, 0.15) is 5.82 Å². The van der Waals surface area contributed by atoms with Crippen molar-refractivity contribution < 1.29 is 9.18 Å². The molecule has 2 unspecified atom stereocenters. The highest BCUT2D eigenvalue weighted by molar-refractivity contribution is 6.03. The van der Waals surface area contributed by atoms with Crippen LogP contribution >= 0.6 is 0 Å². The molecule has 0 radical (unpaired) electrons. The first-order valence-electron chi connectivity index (χ1n) is 9.85. The monoisotopic (exact) mass is 408 g/mol. The minimum Gasteiger partial charge on any atom is -0.368 e. The number of aryl methyl sites for hydroxylation is 1. The Hall–Kier alpha value is -3.24. The van der Waals surface area contributed by atoms with Crippen molar-refractivity contribution >= 4 is 11.7 Å². The molecule has 2 aliphatic heterocycles. The van der Waals surface area contributed by atoms with Gasteiger partial charge in [0.25, 0.3) is 0 Å². The van der Waals surface area contributed by atoms with E-state index in [-0.39, 0.29) is 23.3 Å². The largest absolute Gasteiger partial charge is 0.368 e. The summed E-state index contributed by atoms with van der Waals surface area (Å²) in [5, 5.41) is 10.2. The van der Waals surface area contributed by atoms with Gasteiger partial charge in [-0.15, -0.1) is 0 Å². The van der Waals surface area contributed by atoms with E-state index in [1.165, 1.54) is 35.4 Å². The number of anilines is 1. The fraction of sp³-hybridized carbons (Fsp3) is 0.350. The summed E-state index contributed by atoms with van der Waals surface area (Å²) in [6.07, 6.45) is 5.50. The molecule has 3 atom stereocenters. The van der Waals surface area contributed by atoms with Crippen LogP contribution < -0.4 is 11.2 Å². The minimum absolute atomic E-state index is 0.0226. The molecule has 2 aliphatic rings. The Labute approximate surface area is 172 Å². The second-order valence-electron chi connectivity index (χ2n) is 7.71. The number of fused-ring (bicyclic) bond motifs is 1. The maximum atomic E-state index is 14.0. The third-order valence-electron chi connectivity index (χ3n) is 5.73. The fourth-order valence-electron chi connectivity index (χ4n) is 4.31. The predicted octanol–water partition coefficient (Wildman–Crippen LogP) is 1.75. The highest BCUT2D eigenvalue weighted by Gasteiger charge is 2.45. The van der Waals surface area contributed by atoms with Gasteiger partial charge in [-0.1, -0.05) is 0 Å². The number of ketones is 1. The number of halogens is 1. The predicted molar refractivity (Wildman–Crippen MR) is 106 cm³/mol. The van der Waals surface area contributed by atoms with E-state index in [0.717, 1.165) is 24.2 Å². The molecule has 0 amide bonds. The molecule has 154 valence electrons. The third kappa shape index (κ3) is 3.23. The Morgan fingerprint density at radius 3 is 2.77 bits per heavy atom. The summed E-state index contributed by atoms with van der Waals surface area (Å²) in [7, 11) is 0. The standard InChI is InChI=1S/C20H21FN8O/c1-11-8-16(26-20(22)25-11)18-10-13-3-4-15(27-28(13)18)19(30)14-9-12(21)2-5-17(14)29-23-6-7-24-29/h2,5-9,13,15,18,27H,3-4,10H2,1H3,(H2,22,25,26)/t13-,15?,18?/m0/s1. The first-order chi connectivity index (χ1) is 14.5. The fourth-order valence-corrected chi connectivity index (χ4v) is 4.31. The molecular weight excluding hydrogens is 387 g/mol. The van der Waals surface area contributed by atoms with Gasteiger partial charge in [-0.2, -0.15) is 15.0 Å². The summed E-state index contributed by atoms with van der Waals surface area (Å²) in [5.41, 5.74) is 11.5. The van der Waals surface area contributed by atoms with Crippen LogP contribution in [0.15, 0.2) is 36.7 Å². The number of Topliss-reactive ketones (excluding diaryl/α,β-unsaturated/α-hetero) is 1. The van der Waals surface area contributed by atoms with Crippen molar-refractivity contribution in [2.24, 2.45) is 0 Å². The molecule has 2 saturated heterocycles. The van der Waals surface area contributed by atoms with Gasteiger partial charge in [0.05, 0.1) is 35.9 Å². The number of aromatic nitrogens is 5. The molecule has 10 heteroatoms. The number of nitrogens with two attached hydrogens (primary N) is 1. The summed E-state index contributed by atoms with van der Waals surface area (Å²) in [5.74, 6) is -0.421. The lowest BCUT2D eigenvalue weighted by Crippen LogP contribution is -2.64. The average molecular weight is 408 g/mol. The van der Waals surface area contributed by atoms with Crippen LogP contribution in [0.4, 0.5) is 10.3 Å². The van der Waals surface area contributed by atoms with E-state index in [1.54, 1.807) is 0 Å². The van der Waals surface area contributed by atoms with Crippen LogP contribution in [-0.4, -0.2) is 47.8 Å². The minimum atomic E-state index is -0.475. The van der Waals surface area contributed by atoms with Crippen LogP contribution in [0.2, 0.25) is 0 Å². The molecule has 1 aromatic carbocycles. The summed E-state index contributed by atoms with van der Waals surface area (Å²) in [4.78, 5) is 23.1. The highest BCUT2D eigenvalue weighted by atomic mass is 19.1. The number of nitrogens with one attached hydrogen (secondary N) is 1. The number of hydrogen-bond acceptors (Lipinski definition) is 8. The first kappa shape index (κ1) is 18.8. The molecule has 9 nitrogen and oxygen atoms in total. The molecule has 2 fully saturated rings. The highest BCUT2D eigenvalue weighted by Crippen LogP contribution is 2.41. The number of hydrazine groups is 1. The number of benzene rings is 1. The lowest BCUT2D eigenvalue weighted by Gasteiger charge is -2.53. The van der Waals surface area contributed by atoms with Crippen molar-refractivity contribution in [2.45, 2.75) is 44.3 Å². The second kappa shape index (κ2) is 7.22. The normalized spacial score (nSPS) is 23.6. The van der Waals surface area contributed by atoms with E-state index >= 15 is 0 Å². The lowest BCUT2D eigenvalue weighted by molar-refractivity contribution is -0.0766. The molecule has 3 N–H and O–H groups in total. The SMILES string of the molecule is Cc1cc(C2C[C@@H]3CCC(C(=O)c4cc(F)ccc4-n4nccn4)NN23)nc(N)n1. The maximum Gasteiger partial charge on any atom is 0.220 e. The quantitative estimate of drug-likeness (QED) is 0.628. The first-order valence-corrected chi connectivity index (χ1v) is 9.85.